The van der Waals surface area contributed by atoms with Gasteiger partial charge >= 0.3 is 0 Å². The summed E-state index contributed by atoms with van der Waals surface area (Å²) in [5.41, 5.74) is 1.61. The lowest BCUT2D eigenvalue weighted by atomic mass is 9.87. The first kappa shape index (κ1) is 11.8. The molecule has 1 saturated carbocycles. The molecule has 0 radical (unpaired) electrons. The third-order valence-electron chi connectivity index (χ3n) is 4.27. The van der Waals surface area contributed by atoms with Crippen LogP contribution in [-0.4, -0.2) is 12.8 Å². The van der Waals surface area contributed by atoms with Crippen molar-refractivity contribution < 1.29 is 9.47 Å². The van der Waals surface area contributed by atoms with Gasteiger partial charge in [-0.3, -0.25) is 0 Å². The predicted octanol–water partition coefficient (Wildman–Crippen LogP) is 3.08. The minimum absolute atomic E-state index is 0.348. The summed E-state index contributed by atoms with van der Waals surface area (Å²) < 4.78 is 10.9. The summed E-state index contributed by atoms with van der Waals surface area (Å²) in [6, 6.07) is 6.72. The number of fused-ring (bicyclic) bond motifs is 1. The Bertz CT molecular complexity index is 442. The Labute approximate surface area is 108 Å². The highest BCUT2D eigenvalue weighted by atomic mass is 16.7. The van der Waals surface area contributed by atoms with Crippen LogP contribution in [0.4, 0.5) is 0 Å². The van der Waals surface area contributed by atoms with Gasteiger partial charge < -0.3 is 14.8 Å². The molecule has 1 aromatic carbocycles. The van der Waals surface area contributed by atoms with Crippen molar-refractivity contribution in [1.82, 2.24) is 5.32 Å². The maximum absolute atomic E-state index is 5.53. The van der Waals surface area contributed by atoms with Crippen LogP contribution in [0, 0.1) is 5.41 Å². The Morgan fingerprint density at radius 3 is 3.00 bits per heavy atom. The first-order valence-electron chi connectivity index (χ1n) is 6.78. The molecule has 1 aromatic rings. The van der Waals surface area contributed by atoms with Crippen molar-refractivity contribution in [1.29, 1.82) is 0 Å². The average molecular weight is 247 g/mol. The van der Waals surface area contributed by atoms with Crippen LogP contribution < -0.4 is 14.8 Å². The second kappa shape index (κ2) is 4.47. The molecule has 0 aromatic heterocycles. The molecule has 1 atom stereocenters. The van der Waals surface area contributed by atoms with E-state index in [4.69, 9.17) is 9.47 Å². The van der Waals surface area contributed by atoms with Crippen LogP contribution in [0.5, 0.6) is 11.5 Å². The molecule has 1 fully saturated rings. The van der Waals surface area contributed by atoms with Gasteiger partial charge in [-0.25, -0.2) is 0 Å². The van der Waals surface area contributed by atoms with Gasteiger partial charge in [0.25, 0.3) is 0 Å². The minimum Gasteiger partial charge on any atom is -0.454 e. The van der Waals surface area contributed by atoms with Crippen molar-refractivity contribution in [2.24, 2.45) is 5.41 Å². The second-order valence-electron chi connectivity index (χ2n) is 5.97. The Balaban J connectivity index is 1.69. The predicted molar refractivity (Wildman–Crippen MR) is 70.8 cm³/mol. The summed E-state index contributed by atoms with van der Waals surface area (Å²) in [4.78, 5) is 0. The van der Waals surface area contributed by atoms with Gasteiger partial charge in [0.2, 0.25) is 6.79 Å². The highest BCUT2D eigenvalue weighted by Crippen LogP contribution is 2.39. The third kappa shape index (κ3) is 2.07. The molecule has 1 unspecified atom stereocenters. The van der Waals surface area contributed by atoms with Crippen LogP contribution in [0.25, 0.3) is 0 Å². The smallest absolute Gasteiger partial charge is 0.231 e. The van der Waals surface area contributed by atoms with Gasteiger partial charge in [0.1, 0.15) is 0 Å². The number of hydrogen-bond acceptors (Lipinski definition) is 3. The Hall–Kier alpha value is -1.22. The van der Waals surface area contributed by atoms with E-state index in [-0.39, 0.29) is 0 Å². The van der Waals surface area contributed by atoms with E-state index in [1.54, 1.807) is 0 Å². The molecule has 1 aliphatic carbocycles. The van der Waals surface area contributed by atoms with Gasteiger partial charge in [-0.15, -0.1) is 0 Å². The first-order valence-corrected chi connectivity index (χ1v) is 6.78. The summed E-state index contributed by atoms with van der Waals surface area (Å²) in [6.07, 6.45) is 3.92. The highest BCUT2D eigenvalue weighted by Gasteiger charge is 2.34. The lowest BCUT2D eigenvalue weighted by Gasteiger charge is -2.28. The maximum Gasteiger partial charge on any atom is 0.231 e. The molecule has 0 saturated heterocycles. The van der Waals surface area contributed by atoms with E-state index in [2.05, 4.69) is 25.2 Å². The molecular weight excluding hydrogens is 226 g/mol. The van der Waals surface area contributed by atoms with Crippen LogP contribution in [-0.2, 0) is 6.54 Å². The maximum atomic E-state index is 5.53. The molecule has 3 heteroatoms. The minimum atomic E-state index is 0.348. The summed E-state index contributed by atoms with van der Waals surface area (Å²) in [5.74, 6) is 1.79. The lowest BCUT2D eigenvalue weighted by Crippen LogP contribution is -2.37. The van der Waals surface area contributed by atoms with E-state index in [1.807, 2.05) is 12.1 Å². The summed E-state index contributed by atoms with van der Waals surface area (Å²) >= 11 is 0. The van der Waals surface area contributed by atoms with Crippen LogP contribution in [0.2, 0.25) is 0 Å². The zero-order chi connectivity index (χ0) is 12.6. The molecule has 98 valence electrons. The molecular formula is C15H21NO2. The molecule has 1 aliphatic heterocycles. The SMILES string of the molecule is CC1(C)CCCC1NCc1cccc2c1OCO2. The molecule has 1 heterocycles. The summed E-state index contributed by atoms with van der Waals surface area (Å²) in [6.45, 7) is 5.92. The topological polar surface area (TPSA) is 30.5 Å². The highest BCUT2D eigenvalue weighted by molar-refractivity contribution is 5.48. The van der Waals surface area contributed by atoms with E-state index in [0.717, 1.165) is 18.0 Å². The fraction of sp³-hybridized carbons (Fsp3) is 0.600. The van der Waals surface area contributed by atoms with Crippen molar-refractivity contribution in [3.8, 4) is 11.5 Å². The van der Waals surface area contributed by atoms with Crippen LogP contribution in [0.15, 0.2) is 18.2 Å². The Kier molecular flexibility index (Phi) is 2.94. The number of hydrogen-bond donors (Lipinski definition) is 1. The van der Waals surface area contributed by atoms with Gasteiger partial charge in [-0.1, -0.05) is 32.4 Å². The second-order valence-corrected chi connectivity index (χ2v) is 5.97. The number of ether oxygens (including phenoxy) is 2. The van der Waals surface area contributed by atoms with E-state index < -0.39 is 0 Å². The average Bonchev–Trinajstić information content (AvgIpc) is 2.92. The van der Waals surface area contributed by atoms with Crippen molar-refractivity contribution in [2.75, 3.05) is 6.79 Å². The number of rotatable bonds is 3. The summed E-state index contributed by atoms with van der Waals surface area (Å²) in [7, 11) is 0. The summed E-state index contributed by atoms with van der Waals surface area (Å²) in [5, 5.41) is 3.68. The number of para-hydroxylation sites is 1. The van der Waals surface area contributed by atoms with Gasteiger partial charge in [0, 0.05) is 18.2 Å². The normalized spacial score (nSPS) is 24.4. The number of benzene rings is 1. The van der Waals surface area contributed by atoms with Crippen LogP contribution in [0.1, 0.15) is 38.7 Å². The van der Waals surface area contributed by atoms with Crippen molar-refractivity contribution >= 4 is 0 Å². The number of nitrogens with one attached hydrogen (secondary N) is 1. The monoisotopic (exact) mass is 247 g/mol. The zero-order valence-electron chi connectivity index (χ0n) is 11.2. The van der Waals surface area contributed by atoms with E-state index in [9.17, 15) is 0 Å². The van der Waals surface area contributed by atoms with E-state index >= 15 is 0 Å². The van der Waals surface area contributed by atoms with Gasteiger partial charge in [0.15, 0.2) is 11.5 Å². The van der Waals surface area contributed by atoms with Crippen molar-refractivity contribution in [3.63, 3.8) is 0 Å². The molecule has 3 rings (SSSR count). The first-order chi connectivity index (χ1) is 8.67. The molecule has 0 bridgehead atoms. The Morgan fingerprint density at radius 1 is 1.33 bits per heavy atom. The van der Waals surface area contributed by atoms with Gasteiger partial charge in [-0.2, -0.15) is 0 Å². The zero-order valence-corrected chi connectivity index (χ0v) is 11.2. The Morgan fingerprint density at radius 2 is 2.22 bits per heavy atom. The van der Waals surface area contributed by atoms with E-state index in [0.29, 0.717) is 18.2 Å². The van der Waals surface area contributed by atoms with Crippen LogP contribution >= 0.6 is 0 Å². The fourth-order valence-corrected chi connectivity index (χ4v) is 3.07. The molecule has 1 N–H and O–H groups in total. The molecule has 2 aliphatic rings. The fourth-order valence-electron chi connectivity index (χ4n) is 3.07. The lowest BCUT2D eigenvalue weighted by molar-refractivity contribution is 0.173. The quantitative estimate of drug-likeness (QED) is 0.890. The molecule has 0 spiro atoms. The van der Waals surface area contributed by atoms with Gasteiger partial charge in [-0.05, 0) is 24.3 Å². The largest absolute Gasteiger partial charge is 0.454 e. The van der Waals surface area contributed by atoms with Crippen molar-refractivity contribution in [3.05, 3.63) is 23.8 Å². The molecule has 3 nitrogen and oxygen atoms in total. The van der Waals surface area contributed by atoms with E-state index in [1.165, 1.54) is 24.8 Å². The van der Waals surface area contributed by atoms with Crippen molar-refractivity contribution in [2.45, 2.75) is 45.7 Å². The molecule has 18 heavy (non-hydrogen) atoms. The molecule has 0 amide bonds. The van der Waals surface area contributed by atoms with Crippen LogP contribution in [0.3, 0.4) is 0 Å². The third-order valence-corrected chi connectivity index (χ3v) is 4.27. The standard InChI is InChI=1S/C15H21NO2/c1-15(2)8-4-7-13(15)16-9-11-5-3-6-12-14(11)18-10-17-12/h3,5-6,13,16H,4,7-10H2,1-2H3. The van der Waals surface area contributed by atoms with Gasteiger partial charge in [0.05, 0.1) is 0 Å².